The van der Waals surface area contributed by atoms with Gasteiger partial charge in [0, 0.05) is 19.6 Å². The van der Waals surface area contributed by atoms with E-state index in [4.69, 9.17) is 14.2 Å². The summed E-state index contributed by atoms with van der Waals surface area (Å²) in [6, 6.07) is 0. The molecule has 0 aromatic rings. The summed E-state index contributed by atoms with van der Waals surface area (Å²) in [5, 5.41) is 0. The second-order valence-electron chi connectivity index (χ2n) is 4.30. The zero-order valence-electron chi connectivity index (χ0n) is 10.3. The molecule has 1 unspecified atom stereocenters. The van der Waals surface area contributed by atoms with Gasteiger partial charge in [0.2, 0.25) is 0 Å². The minimum atomic E-state index is -0.334. The molecule has 3 nitrogen and oxygen atoms in total. The maximum absolute atomic E-state index is 5.58. The Balaban J connectivity index is 2.20. The van der Waals surface area contributed by atoms with Crippen LogP contribution in [-0.2, 0) is 14.2 Å². The SMILES string of the molecule is CCOCC(CC)CCC1(C)OCCO1. The summed E-state index contributed by atoms with van der Waals surface area (Å²) < 4.78 is 16.6. The van der Waals surface area contributed by atoms with Crippen LogP contribution >= 0.6 is 0 Å². The van der Waals surface area contributed by atoms with Gasteiger partial charge in [-0.25, -0.2) is 0 Å². The third kappa shape index (κ3) is 4.49. The first kappa shape index (κ1) is 12.9. The first-order valence-electron chi connectivity index (χ1n) is 6.06. The van der Waals surface area contributed by atoms with Crippen molar-refractivity contribution in [1.29, 1.82) is 0 Å². The lowest BCUT2D eigenvalue weighted by atomic mass is 9.98. The summed E-state index contributed by atoms with van der Waals surface area (Å²) in [5.41, 5.74) is 0. The van der Waals surface area contributed by atoms with E-state index in [1.54, 1.807) is 0 Å². The molecule has 0 radical (unpaired) electrons. The highest BCUT2D eigenvalue weighted by molar-refractivity contribution is 4.70. The van der Waals surface area contributed by atoms with Crippen LogP contribution in [0.4, 0.5) is 0 Å². The first-order valence-corrected chi connectivity index (χ1v) is 6.06. The first-order chi connectivity index (χ1) is 7.20. The van der Waals surface area contributed by atoms with Crippen LogP contribution in [0.2, 0.25) is 0 Å². The van der Waals surface area contributed by atoms with Gasteiger partial charge < -0.3 is 14.2 Å². The van der Waals surface area contributed by atoms with E-state index in [1.165, 1.54) is 0 Å². The number of rotatable bonds is 7. The second-order valence-corrected chi connectivity index (χ2v) is 4.30. The molecular formula is C12H24O3. The van der Waals surface area contributed by atoms with Crippen molar-refractivity contribution in [2.75, 3.05) is 26.4 Å². The smallest absolute Gasteiger partial charge is 0.165 e. The normalized spacial score (nSPS) is 21.8. The lowest BCUT2D eigenvalue weighted by molar-refractivity contribution is -0.150. The van der Waals surface area contributed by atoms with Crippen molar-refractivity contribution in [3.8, 4) is 0 Å². The topological polar surface area (TPSA) is 27.7 Å². The average molecular weight is 216 g/mol. The van der Waals surface area contributed by atoms with Crippen molar-refractivity contribution < 1.29 is 14.2 Å². The lowest BCUT2D eigenvalue weighted by Gasteiger charge is -2.24. The maximum Gasteiger partial charge on any atom is 0.165 e. The van der Waals surface area contributed by atoms with E-state index >= 15 is 0 Å². The van der Waals surface area contributed by atoms with Crippen molar-refractivity contribution in [3.05, 3.63) is 0 Å². The van der Waals surface area contributed by atoms with Crippen molar-refractivity contribution in [1.82, 2.24) is 0 Å². The summed E-state index contributed by atoms with van der Waals surface area (Å²) >= 11 is 0. The van der Waals surface area contributed by atoms with Gasteiger partial charge in [0.1, 0.15) is 0 Å². The van der Waals surface area contributed by atoms with E-state index in [2.05, 4.69) is 6.92 Å². The highest BCUT2D eigenvalue weighted by Crippen LogP contribution is 2.27. The molecule has 0 aliphatic carbocycles. The molecule has 0 aromatic carbocycles. The number of hydrogen-bond donors (Lipinski definition) is 0. The molecule has 3 heteroatoms. The minimum Gasteiger partial charge on any atom is -0.381 e. The minimum absolute atomic E-state index is 0.334. The van der Waals surface area contributed by atoms with E-state index in [0.717, 1.165) is 45.7 Å². The van der Waals surface area contributed by atoms with E-state index in [-0.39, 0.29) is 5.79 Å². The highest BCUT2D eigenvalue weighted by Gasteiger charge is 2.31. The van der Waals surface area contributed by atoms with Gasteiger partial charge in [0.05, 0.1) is 13.2 Å². The van der Waals surface area contributed by atoms with Crippen LogP contribution in [0, 0.1) is 5.92 Å². The molecule has 1 saturated heterocycles. The molecule has 0 N–H and O–H groups in total. The van der Waals surface area contributed by atoms with Crippen molar-refractivity contribution in [3.63, 3.8) is 0 Å². The fourth-order valence-electron chi connectivity index (χ4n) is 1.86. The Morgan fingerprint density at radius 3 is 2.47 bits per heavy atom. The number of hydrogen-bond acceptors (Lipinski definition) is 3. The van der Waals surface area contributed by atoms with Gasteiger partial charge >= 0.3 is 0 Å². The molecule has 15 heavy (non-hydrogen) atoms. The summed E-state index contributed by atoms with van der Waals surface area (Å²) in [6.07, 6.45) is 3.25. The van der Waals surface area contributed by atoms with Gasteiger partial charge in [-0.1, -0.05) is 13.3 Å². The van der Waals surface area contributed by atoms with Crippen molar-refractivity contribution in [2.45, 2.75) is 45.8 Å². The summed E-state index contributed by atoms with van der Waals surface area (Å²) in [4.78, 5) is 0. The van der Waals surface area contributed by atoms with Crippen molar-refractivity contribution in [2.24, 2.45) is 5.92 Å². The lowest BCUT2D eigenvalue weighted by Crippen LogP contribution is -2.26. The molecule has 0 amide bonds. The third-order valence-electron chi connectivity index (χ3n) is 3.04. The maximum atomic E-state index is 5.58. The molecule has 1 fully saturated rings. The Morgan fingerprint density at radius 2 is 1.93 bits per heavy atom. The van der Waals surface area contributed by atoms with Gasteiger partial charge in [0.15, 0.2) is 5.79 Å². The molecule has 0 bridgehead atoms. The van der Waals surface area contributed by atoms with E-state index < -0.39 is 0 Å². The van der Waals surface area contributed by atoms with Crippen LogP contribution in [0.1, 0.15) is 40.0 Å². The molecule has 1 rings (SSSR count). The average Bonchev–Trinajstić information content (AvgIpc) is 2.66. The summed E-state index contributed by atoms with van der Waals surface area (Å²) in [7, 11) is 0. The van der Waals surface area contributed by atoms with Crippen LogP contribution in [-0.4, -0.2) is 32.2 Å². The Hall–Kier alpha value is -0.120. The van der Waals surface area contributed by atoms with Crippen LogP contribution in [0.25, 0.3) is 0 Å². The number of ether oxygens (including phenoxy) is 3. The Labute approximate surface area is 93.1 Å². The molecule has 0 aromatic heterocycles. The Bertz CT molecular complexity index is 164. The molecule has 90 valence electrons. The van der Waals surface area contributed by atoms with Crippen LogP contribution in [0.15, 0.2) is 0 Å². The predicted octanol–water partition coefficient (Wildman–Crippen LogP) is 2.59. The molecule has 0 spiro atoms. The predicted molar refractivity (Wildman–Crippen MR) is 59.8 cm³/mol. The molecule has 1 heterocycles. The zero-order valence-corrected chi connectivity index (χ0v) is 10.3. The van der Waals surface area contributed by atoms with Crippen molar-refractivity contribution >= 4 is 0 Å². The van der Waals surface area contributed by atoms with E-state index in [9.17, 15) is 0 Å². The third-order valence-corrected chi connectivity index (χ3v) is 3.04. The van der Waals surface area contributed by atoms with E-state index in [0.29, 0.717) is 5.92 Å². The van der Waals surface area contributed by atoms with Crippen LogP contribution in [0.3, 0.4) is 0 Å². The molecule has 1 atom stereocenters. The van der Waals surface area contributed by atoms with Gasteiger partial charge in [0.25, 0.3) is 0 Å². The van der Waals surface area contributed by atoms with Gasteiger partial charge in [-0.3, -0.25) is 0 Å². The monoisotopic (exact) mass is 216 g/mol. The molecule has 0 saturated carbocycles. The highest BCUT2D eigenvalue weighted by atomic mass is 16.7. The standard InChI is InChI=1S/C12H24O3/c1-4-11(10-13-5-2)6-7-12(3)14-8-9-15-12/h11H,4-10H2,1-3H3. The zero-order chi connectivity index (χ0) is 11.1. The second kappa shape index (κ2) is 6.46. The fourth-order valence-corrected chi connectivity index (χ4v) is 1.86. The summed E-state index contributed by atoms with van der Waals surface area (Å²) in [6.45, 7) is 9.42. The Kier molecular flexibility index (Phi) is 5.58. The Morgan fingerprint density at radius 1 is 1.27 bits per heavy atom. The molecular weight excluding hydrogens is 192 g/mol. The fraction of sp³-hybridized carbons (Fsp3) is 1.00. The van der Waals surface area contributed by atoms with Crippen LogP contribution < -0.4 is 0 Å². The largest absolute Gasteiger partial charge is 0.381 e. The quantitative estimate of drug-likeness (QED) is 0.654. The van der Waals surface area contributed by atoms with Gasteiger partial charge in [-0.15, -0.1) is 0 Å². The van der Waals surface area contributed by atoms with E-state index in [1.807, 2.05) is 13.8 Å². The summed E-state index contributed by atoms with van der Waals surface area (Å²) in [5.74, 6) is 0.300. The van der Waals surface area contributed by atoms with Gasteiger partial charge in [-0.2, -0.15) is 0 Å². The molecule has 1 aliphatic rings. The molecule has 1 aliphatic heterocycles. The van der Waals surface area contributed by atoms with Gasteiger partial charge in [-0.05, 0) is 26.2 Å². The van der Waals surface area contributed by atoms with Crippen LogP contribution in [0.5, 0.6) is 0 Å².